The lowest BCUT2D eigenvalue weighted by atomic mass is 9.99. The minimum Gasteiger partial charge on any atom is -0.323 e. The molecule has 5 nitrogen and oxygen atoms in total. The molecule has 2 N–H and O–H groups in total. The zero-order valence-corrected chi connectivity index (χ0v) is 17.4. The van der Waals surface area contributed by atoms with Crippen LogP contribution in [0.1, 0.15) is 28.7 Å². The third-order valence-electron chi connectivity index (χ3n) is 5.83. The normalized spacial score (nSPS) is 18.2. The number of carbonyl (C=O) groups is 2. The third kappa shape index (κ3) is 4.00. The van der Waals surface area contributed by atoms with Gasteiger partial charge in [-0.05, 0) is 61.2 Å². The Labute approximate surface area is 176 Å². The summed E-state index contributed by atoms with van der Waals surface area (Å²) in [5.41, 5.74) is 4.76. The van der Waals surface area contributed by atoms with Crippen molar-refractivity contribution in [3.05, 3.63) is 58.4 Å². The summed E-state index contributed by atoms with van der Waals surface area (Å²) in [6.07, 6.45) is 0.739. The number of hydrogen-bond donors (Lipinski definition) is 2. The Morgan fingerprint density at radius 3 is 2.83 bits per heavy atom. The summed E-state index contributed by atoms with van der Waals surface area (Å²) in [5, 5.41) is 5.92. The lowest BCUT2D eigenvalue weighted by molar-refractivity contribution is -0.122. The van der Waals surface area contributed by atoms with Crippen molar-refractivity contribution in [3.8, 4) is 0 Å². The largest absolute Gasteiger partial charge is 0.323 e. The summed E-state index contributed by atoms with van der Waals surface area (Å²) in [7, 11) is 0. The molecule has 2 aliphatic heterocycles. The molecular formula is C22H25ClFN3O2. The van der Waals surface area contributed by atoms with Crippen molar-refractivity contribution in [1.82, 2.24) is 5.32 Å². The monoisotopic (exact) mass is 417 g/mol. The van der Waals surface area contributed by atoms with Crippen LogP contribution in [0.3, 0.4) is 0 Å². The summed E-state index contributed by atoms with van der Waals surface area (Å²) in [6.45, 7) is 5.65. The quantitative estimate of drug-likeness (QED) is 0.803. The molecule has 2 amide bonds. The van der Waals surface area contributed by atoms with Crippen LogP contribution in [0.4, 0.5) is 15.8 Å². The Morgan fingerprint density at radius 1 is 1.24 bits per heavy atom. The van der Waals surface area contributed by atoms with E-state index in [1.807, 2.05) is 38.1 Å². The molecule has 1 unspecified atom stereocenters. The average molecular weight is 418 g/mol. The summed E-state index contributed by atoms with van der Waals surface area (Å²) in [6, 6.07) is 9.27. The highest BCUT2D eigenvalue weighted by atomic mass is 35.5. The number of amides is 2. The van der Waals surface area contributed by atoms with Crippen molar-refractivity contribution in [1.29, 1.82) is 0 Å². The first kappa shape index (κ1) is 21.3. The van der Waals surface area contributed by atoms with Crippen LogP contribution in [0.15, 0.2) is 30.3 Å². The lowest BCUT2D eigenvalue weighted by Crippen LogP contribution is -2.29. The fraction of sp³-hybridized carbons (Fsp3) is 0.364. The van der Waals surface area contributed by atoms with Gasteiger partial charge in [0.25, 0.3) is 0 Å². The first-order valence-corrected chi connectivity index (χ1v) is 9.64. The van der Waals surface area contributed by atoms with Crippen molar-refractivity contribution in [2.75, 3.05) is 23.3 Å². The van der Waals surface area contributed by atoms with E-state index in [-0.39, 0.29) is 42.1 Å². The molecule has 154 valence electrons. The fourth-order valence-electron chi connectivity index (χ4n) is 4.01. The van der Waals surface area contributed by atoms with Crippen molar-refractivity contribution in [2.45, 2.75) is 33.2 Å². The number of nitrogens with zero attached hydrogens (tertiary/aromatic N) is 1. The SMILES string of the molecule is Cc1cccc(N2CC(C(=O)Nc3ccc4c(c3F)CCNC4)CC2=O)c1C.Cl. The van der Waals surface area contributed by atoms with E-state index in [2.05, 4.69) is 10.6 Å². The molecule has 29 heavy (non-hydrogen) atoms. The van der Waals surface area contributed by atoms with Gasteiger partial charge in [-0.3, -0.25) is 9.59 Å². The van der Waals surface area contributed by atoms with Gasteiger partial charge in [0.05, 0.1) is 11.6 Å². The van der Waals surface area contributed by atoms with Crippen molar-refractivity contribution < 1.29 is 14.0 Å². The van der Waals surface area contributed by atoms with Gasteiger partial charge in [0.2, 0.25) is 11.8 Å². The Hall–Kier alpha value is -2.44. The maximum atomic E-state index is 14.8. The molecule has 7 heteroatoms. The van der Waals surface area contributed by atoms with E-state index in [1.165, 1.54) is 0 Å². The number of halogens is 2. The molecule has 0 aliphatic carbocycles. The predicted octanol–water partition coefficient (Wildman–Crippen LogP) is 3.50. The first-order chi connectivity index (χ1) is 13.5. The summed E-state index contributed by atoms with van der Waals surface area (Å²) >= 11 is 0. The summed E-state index contributed by atoms with van der Waals surface area (Å²) in [5.74, 6) is -1.24. The minimum absolute atomic E-state index is 0. The van der Waals surface area contributed by atoms with Crippen LogP contribution < -0.4 is 15.5 Å². The van der Waals surface area contributed by atoms with Crippen LogP contribution in [0, 0.1) is 25.6 Å². The Bertz CT molecular complexity index is 963. The first-order valence-electron chi connectivity index (χ1n) is 9.64. The molecule has 0 spiro atoms. The number of carbonyl (C=O) groups excluding carboxylic acids is 2. The van der Waals surface area contributed by atoms with E-state index < -0.39 is 5.92 Å². The number of anilines is 2. The van der Waals surface area contributed by atoms with Crippen LogP contribution in [0.5, 0.6) is 0 Å². The Balaban J connectivity index is 0.00000240. The number of nitrogens with one attached hydrogen (secondary N) is 2. The zero-order valence-electron chi connectivity index (χ0n) is 16.5. The third-order valence-corrected chi connectivity index (χ3v) is 5.83. The molecule has 2 aliphatic rings. The molecule has 0 aromatic heterocycles. The number of hydrogen-bond acceptors (Lipinski definition) is 3. The second kappa shape index (κ2) is 8.51. The molecular weight excluding hydrogens is 393 g/mol. The highest BCUT2D eigenvalue weighted by Gasteiger charge is 2.36. The predicted molar refractivity (Wildman–Crippen MR) is 114 cm³/mol. The maximum Gasteiger partial charge on any atom is 0.229 e. The molecule has 0 radical (unpaired) electrons. The van der Waals surface area contributed by atoms with Gasteiger partial charge in [-0.15, -0.1) is 12.4 Å². The standard InChI is InChI=1S/C22H24FN3O2.ClH/c1-13-4-3-5-19(14(13)2)26-12-16(10-20(26)27)22(28)25-18-7-6-15-11-24-9-8-17(15)21(18)23;/h3-7,16,24H,8-12H2,1-2H3,(H,25,28);1H. The maximum absolute atomic E-state index is 14.8. The van der Waals surface area contributed by atoms with Gasteiger partial charge in [-0.25, -0.2) is 4.39 Å². The van der Waals surface area contributed by atoms with Crippen LogP contribution in [-0.2, 0) is 22.6 Å². The number of rotatable bonds is 3. The molecule has 1 fully saturated rings. The van der Waals surface area contributed by atoms with Gasteiger partial charge in [-0.1, -0.05) is 18.2 Å². The van der Waals surface area contributed by atoms with Gasteiger partial charge < -0.3 is 15.5 Å². The van der Waals surface area contributed by atoms with E-state index in [9.17, 15) is 14.0 Å². The topological polar surface area (TPSA) is 61.4 Å². The van der Waals surface area contributed by atoms with Crippen LogP contribution in [0.2, 0.25) is 0 Å². The second-order valence-electron chi connectivity index (χ2n) is 7.61. The zero-order chi connectivity index (χ0) is 19.8. The molecule has 1 saturated heterocycles. The summed E-state index contributed by atoms with van der Waals surface area (Å²) in [4.78, 5) is 26.9. The molecule has 2 aromatic carbocycles. The number of aryl methyl sites for hydroxylation is 1. The van der Waals surface area contributed by atoms with E-state index in [0.29, 0.717) is 25.1 Å². The van der Waals surface area contributed by atoms with Crippen molar-refractivity contribution in [2.24, 2.45) is 5.92 Å². The van der Waals surface area contributed by atoms with E-state index >= 15 is 0 Å². The molecule has 0 saturated carbocycles. The average Bonchev–Trinajstić information content (AvgIpc) is 3.08. The molecule has 2 heterocycles. The van der Waals surface area contributed by atoms with Crippen molar-refractivity contribution >= 4 is 35.6 Å². The summed E-state index contributed by atoms with van der Waals surface area (Å²) < 4.78 is 14.8. The highest BCUT2D eigenvalue weighted by Crippen LogP contribution is 2.31. The molecule has 0 bridgehead atoms. The van der Waals surface area contributed by atoms with Crippen LogP contribution in [-0.4, -0.2) is 24.9 Å². The van der Waals surface area contributed by atoms with Crippen molar-refractivity contribution in [3.63, 3.8) is 0 Å². The molecule has 4 rings (SSSR count). The van der Waals surface area contributed by atoms with E-state index in [0.717, 1.165) is 28.9 Å². The lowest BCUT2D eigenvalue weighted by Gasteiger charge is -2.21. The highest BCUT2D eigenvalue weighted by molar-refractivity contribution is 6.04. The van der Waals surface area contributed by atoms with E-state index in [4.69, 9.17) is 0 Å². The smallest absolute Gasteiger partial charge is 0.229 e. The second-order valence-corrected chi connectivity index (χ2v) is 7.61. The van der Waals surface area contributed by atoms with Gasteiger partial charge in [0.1, 0.15) is 5.82 Å². The fourth-order valence-corrected chi connectivity index (χ4v) is 4.01. The molecule has 1 atom stereocenters. The van der Waals surface area contributed by atoms with Gasteiger partial charge in [-0.2, -0.15) is 0 Å². The Kier molecular flexibility index (Phi) is 6.24. The Morgan fingerprint density at radius 2 is 2.03 bits per heavy atom. The van der Waals surface area contributed by atoms with E-state index in [1.54, 1.807) is 11.0 Å². The minimum atomic E-state index is -0.496. The van der Waals surface area contributed by atoms with Gasteiger partial charge in [0.15, 0.2) is 0 Å². The van der Waals surface area contributed by atoms with Crippen LogP contribution in [0.25, 0.3) is 0 Å². The molecule has 2 aromatic rings. The number of benzene rings is 2. The number of fused-ring (bicyclic) bond motifs is 1. The van der Waals surface area contributed by atoms with Crippen LogP contribution >= 0.6 is 12.4 Å². The van der Waals surface area contributed by atoms with Gasteiger partial charge >= 0.3 is 0 Å². The van der Waals surface area contributed by atoms with Gasteiger partial charge in [0, 0.05) is 25.2 Å².